The van der Waals surface area contributed by atoms with E-state index < -0.39 is 17.4 Å². The number of aliphatic hydroxyl groups is 1. The lowest BCUT2D eigenvalue weighted by Gasteiger charge is -2.31. The Morgan fingerprint density at radius 3 is 2.73 bits per heavy atom. The summed E-state index contributed by atoms with van der Waals surface area (Å²) in [6, 6.07) is 7.24. The van der Waals surface area contributed by atoms with E-state index in [2.05, 4.69) is 10.6 Å². The number of carbonyl (C=O) groups excluding carboxylic acids is 2. The summed E-state index contributed by atoms with van der Waals surface area (Å²) in [6.45, 7) is 0.966. The number of hydrogen-bond donors (Lipinski definition) is 3. The van der Waals surface area contributed by atoms with E-state index in [4.69, 9.17) is 4.74 Å². The highest BCUT2D eigenvalue weighted by atomic mass is 32.2. The molecule has 2 amide bonds. The minimum atomic E-state index is -0.993. The molecular formula is C15H20N2O4S. The zero-order valence-corrected chi connectivity index (χ0v) is 13.2. The van der Waals surface area contributed by atoms with Gasteiger partial charge >= 0.3 is 11.8 Å². The number of nitrogens with one attached hydrogen (secondary N) is 2. The van der Waals surface area contributed by atoms with Crippen LogP contribution < -0.4 is 10.6 Å². The van der Waals surface area contributed by atoms with Crippen molar-refractivity contribution in [3.8, 4) is 0 Å². The second kappa shape index (κ2) is 7.62. The van der Waals surface area contributed by atoms with Crippen LogP contribution in [0.2, 0.25) is 0 Å². The van der Waals surface area contributed by atoms with E-state index in [1.807, 2.05) is 18.4 Å². The maximum Gasteiger partial charge on any atom is 0.313 e. The highest BCUT2D eigenvalue weighted by molar-refractivity contribution is 7.98. The van der Waals surface area contributed by atoms with E-state index in [-0.39, 0.29) is 6.54 Å². The molecule has 22 heavy (non-hydrogen) atoms. The van der Waals surface area contributed by atoms with Gasteiger partial charge in [0.2, 0.25) is 0 Å². The van der Waals surface area contributed by atoms with E-state index in [9.17, 15) is 14.7 Å². The molecule has 0 spiro atoms. The molecule has 1 aliphatic rings. The number of carbonyl (C=O) groups is 2. The van der Waals surface area contributed by atoms with Crippen molar-refractivity contribution in [3.05, 3.63) is 24.3 Å². The van der Waals surface area contributed by atoms with E-state index in [0.29, 0.717) is 31.7 Å². The molecule has 1 fully saturated rings. The molecule has 0 unspecified atom stereocenters. The van der Waals surface area contributed by atoms with Crippen molar-refractivity contribution in [2.24, 2.45) is 0 Å². The van der Waals surface area contributed by atoms with Crippen molar-refractivity contribution >= 4 is 29.3 Å². The molecule has 0 aromatic heterocycles. The fourth-order valence-corrected chi connectivity index (χ4v) is 2.60. The molecule has 0 bridgehead atoms. The normalized spacial score (nSPS) is 16.8. The average Bonchev–Trinajstić information content (AvgIpc) is 2.53. The molecule has 2 rings (SSSR count). The van der Waals surface area contributed by atoms with Crippen molar-refractivity contribution in [1.29, 1.82) is 0 Å². The third-order valence-electron chi connectivity index (χ3n) is 3.54. The van der Waals surface area contributed by atoms with Crippen LogP contribution >= 0.6 is 11.8 Å². The summed E-state index contributed by atoms with van der Waals surface area (Å²) in [6.07, 6.45) is 2.83. The first-order valence-corrected chi connectivity index (χ1v) is 8.28. The SMILES string of the molecule is CSc1cccc(NC(=O)C(=O)NCC2(O)CCOCC2)c1. The third kappa shape index (κ3) is 4.72. The second-order valence-electron chi connectivity index (χ2n) is 5.21. The quantitative estimate of drug-likeness (QED) is 0.568. The van der Waals surface area contributed by atoms with E-state index in [1.165, 1.54) is 0 Å². The summed E-state index contributed by atoms with van der Waals surface area (Å²) in [4.78, 5) is 24.7. The summed E-state index contributed by atoms with van der Waals surface area (Å²) in [5.41, 5.74) is -0.427. The summed E-state index contributed by atoms with van der Waals surface area (Å²) < 4.78 is 5.17. The minimum absolute atomic E-state index is 0.0491. The zero-order chi connectivity index (χ0) is 16.0. The Hall–Kier alpha value is -1.57. The molecule has 0 radical (unpaired) electrons. The number of amides is 2. The molecule has 1 aromatic carbocycles. The van der Waals surface area contributed by atoms with E-state index in [0.717, 1.165) is 4.90 Å². The highest BCUT2D eigenvalue weighted by Gasteiger charge is 2.30. The van der Waals surface area contributed by atoms with Gasteiger partial charge in [-0.1, -0.05) is 6.07 Å². The van der Waals surface area contributed by atoms with Crippen LogP contribution in [0.3, 0.4) is 0 Å². The third-order valence-corrected chi connectivity index (χ3v) is 4.26. The van der Waals surface area contributed by atoms with E-state index in [1.54, 1.807) is 23.9 Å². The van der Waals surface area contributed by atoms with Gasteiger partial charge in [-0.2, -0.15) is 0 Å². The lowest BCUT2D eigenvalue weighted by molar-refractivity contribution is -0.137. The van der Waals surface area contributed by atoms with Crippen molar-refractivity contribution in [1.82, 2.24) is 5.32 Å². The Balaban J connectivity index is 1.85. The highest BCUT2D eigenvalue weighted by Crippen LogP contribution is 2.20. The number of rotatable bonds is 4. The molecule has 0 saturated carbocycles. The monoisotopic (exact) mass is 324 g/mol. The fraction of sp³-hybridized carbons (Fsp3) is 0.467. The molecule has 1 heterocycles. The maximum absolute atomic E-state index is 11.9. The molecular weight excluding hydrogens is 304 g/mol. The molecule has 120 valence electrons. The lowest BCUT2D eigenvalue weighted by Crippen LogP contribution is -2.48. The molecule has 3 N–H and O–H groups in total. The Bertz CT molecular complexity index is 544. The van der Waals surface area contributed by atoms with Crippen LogP contribution in [0, 0.1) is 0 Å². The molecule has 0 aliphatic carbocycles. The topological polar surface area (TPSA) is 87.7 Å². The number of ether oxygens (including phenoxy) is 1. The maximum atomic E-state index is 11.9. The van der Waals surface area contributed by atoms with Gasteiger partial charge in [-0.3, -0.25) is 9.59 Å². The van der Waals surface area contributed by atoms with E-state index >= 15 is 0 Å². The molecule has 1 aromatic rings. The first kappa shape index (κ1) is 16.8. The Labute approximate surface area is 133 Å². The van der Waals surface area contributed by atoms with Crippen molar-refractivity contribution < 1.29 is 19.4 Å². The minimum Gasteiger partial charge on any atom is -0.388 e. The zero-order valence-electron chi connectivity index (χ0n) is 12.4. The van der Waals surface area contributed by atoms with Gasteiger partial charge in [-0.25, -0.2) is 0 Å². The smallest absolute Gasteiger partial charge is 0.313 e. The number of thioether (sulfide) groups is 1. The van der Waals surface area contributed by atoms with Gasteiger partial charge in [-0.05, 0) is 24.5 Å². The molecule has 7 heteroatoms. The average molecular weight is 324 g/mol. The lowest BCUT2D eigenvalue weighted by atomic mass is 9.94. The van der Waals surface area contributed by atoms with Gasteiger partial charge < -0.3 is 20.5 Å². The summed E-state index contributed by atoms with van der Waals surface area (Å²) >= 11 is 1.55. The van der Waals surface area contributed by atoms with Crippen LogP contribution in [0.5, 0.6) is 0 Å². The Morgan fingerprint density at radius 2 is 2.05 bits per heavy atom. The predicted octanol–water partition coefficient (Wildman–Crippen LogP) is 1.00. The van der Waals surface area contributed by atoms with Crippen LogP contribution in [-0.4, -0.2) is 48.5 Å². The van der Waals surface area contributed by atoms with Crippen LogP contribution in [-0.2, 0) is 14.3 Å². The first-order chi connectivity index (χ1) is 10.5. The van der Waals surface area contributed by atoms with Crippen molar-refractivity contribution in [2.45, 2.75) is 23.3 Å². The molecule has 1 aliphatic heterocycles. The second-order valence-corrected chi connectivity index (χ2v) is 6.09. The number of hydrogen-bond acceptors (Lipinski definition) is 5. The van der Waals surface area contributed by atoms with Crippen LogP contribution in [0.1, 0.15) is 12.8 Å². The standard InChI is InChI=1S/C15H20N2O4S/c1-22-12-4-2-3-11(9-12)17-14(19)13(18)16-10-15(20)5-7-21-8-6-15/h2-4,9,20H,5-8,10H2,1H3,(H,16,18)(H,17,19). The molecule has 1 saturated heterocycles. The van der Waals surface area contributed by atoms with Crippen LogP contribution in [0.25, 0.3) is 0 Å². The van der Waals surface area contributed by atoms with Gasteiger partial charge in [0.15, 0.2) is 0 Å². The van der Waals surface area contributed by atoms with Gasteiger partial charge in [0, 0.05) is 43.2 Å². The van der Waals surface area contributed by atoms with Gasteiger partial charge in [0.05, 0.1) is 5.60 Å². The molecule has 0 atom stereocenters. The Kier molecular flexibility index (Phi) is 5.82. The summed E-state index contributed by atoms with van der Waals surface area (Å²) in [5.74, 6) is -1.50. The predicted molar refractivity (Wildman–Crippen MR) is 84.9 cm³/mol. The van der Waals surface area contributed by atoms with Gasteiger partial charge in [0.25, 0.3) is 0 Å². The summed E-state index contributed by atoms with van der Waals surface area (Å²) in [7, 11) is 0. The number of benzene rings is 1. The first-order valence-electron chi connectivity index (χ1n) is 7.06. The van der Waals surface area contributed by atoms with Crippen LogP contribution in [0.4, 0.5) is 5.69 Å². The van der Waals surface area contributed by atoms with Crippen molar-refractivity contribution in [3.63, 3.8) is 0 Å². The van der Waals surface area contributed by atoms with Crippen LogP contribution in [0.15, 0.2) is 29.2 Å². The summed E-state index contributed by atoms with van der Waals surface area (Å²) in [5, 5.41) is 15.3. The van der Waals surface area contributed by atoms with Gasteiger partial charge in [0.1, 0.15) is 0 Å². The molecule has 6 nitrogen and oxygen atoms in total. The largest absolute Gasteiger partial charge is 0.388 e. The Morgan fingerprint density at radius 1 is 1.32 bits per heavy atom. The van der Waals surface area contributed by atoms with Crippen molar-refractivity contribution in [2.75, 3.05) is 31.3 Å². The number of anilines is 1. The van der Waals surface area contributed by atoms with Gasteiger partial charge in [-0.15, -0.1) is 11.8 Å². The fourth-order valence-electron chi connectivity index (χ4n) is 2.14.